The van der Waals surface area contributed by atoms with E-state index >= 15 is 0 Å². The Labute approximate surface area is 131 Å². The van der Waals surface area contributed by atoms with Gasteiger partial charge in [0.2, 0.25) is 0 Å². The second-order valence-electron chi connectivity index (χ2n) is 6.47. The number of rotatable bonds is 2. The van der Waals surface area contributed by atoms with Crippen molar-refractivity contribution in [2.24, 2.45) is 5.41 Å². The first kappa shape index (κ1) is 13.3. The highest BCUT2D eigenvalue weighted by Gasteiger charge is 2.76. The van der Waals surface area contributed by atoms with Crippen LogP contribution in [-0.4, -0.2) is 37.0 Å². The lowest BCUT2D eigenvalue weighted by Gasteiger charge is -2.35. The molecule has 1 aliphatic heterocycles. The van der Waals surface area contributed by atoms with Gasteiger partial charge in [0.05, 0.1) is 7.11 Å². The number of amides is 1. The first-order valence-electron chi connectivity index (χ1n) is 7.18. The third kappa shape index (κ3) is 1.73. The molecule has 1 aromatic carbocycles. The summed E-state index contributed by atoms with van der Waals surface area (Å²) in [4.78, 5) is 25.9. The van der Waals surface area contributed by atoms with E-state index in [4.69, 9.17) is 4.74 Å². The van der Waals surface area contributed by atoms with Gasteiger partial charge < -0.3 is 9.64 Å². The molecular weight excluding hydrogens is 334 g/mol. The van der Waals surface area contributed by atoms with Gasteiger partial charge in [0.15, 0.2) is 0 Å². The molecule has 4 rings (SSSR count). The van der Waals surface area contributed by atoms with Crippen molar-refractivity contribution in [1.29, 1.82) is 0 Å². The Morgan fingerprint density at radius 3 is 2.81 bits per heavy atom. The second-order valence-corrected chi connectivity index (χ2v) is 7.38. The zero-order valence-corrected chi connectivity index (χ0v) is 13.4. The van der Waals surface area contributed by atoms with E-state index in [0.717, 1.165) is 16.5 Å². The van der Waals surface area contributed by atoms with Crippen LogP contribution in [0.3, 0.4) is 0 Å². The largest absolute Gasteiger partial charge is 0.468 e. The van der Waals surface area contributed by atoms with Crippen LogP contribution in [-0.2, 0) is 14.9 Å². The number of carbonyl (C=O) groups is 2. The van der Waals surface area contributed by atoms with Crippen molar-refractivity contribution in [3.63, 3.8) is 0 Å². The highest BCUT2D eigenvalue weighted by atomic mass is 79.9. The smallest absolute Gasteiger partial charge is 0.325 e. The Morgan fingerprint density at radius 2 is 2.19 bits per heavy atom. The highest BCUT2D eigenvalue weighted by molar-refractivity contribution is 9.10. The van der Waals surface area contributed by atoms with Crippen LogP contribution < -0.4 is 0 Å². The van der Waals surface area contributed by atoms with E-state index in [1.54, 1.807) is 4.90 Å². The number of esters is 1. The number of methoxy groups -OCH3 is 1. The molecule has 2 fully saturated rings. The van der Waals surface area contributed by atoms with Crippen molar-refractivity contribution in [1.82, 2.24) is 4.90 Å². The van der Waals surface area contributed by atoms with Crippen LogP contribution in [0, 0.1) is 5.41 Å². The molecular formula is C16H16BrNO3. The Balaban J connectivity index is 1.77. The molecule has 1 amide bonds. The van der Waals surface area contributed by atoms with Crippen LogP contribution in [0.25, 0.3) is 0 Å². The van der Waals surface area contributed by atoms with Crippen molar-refractivity contribution in [3.05, 3.63) is 33.8 Å². The van der Waals surface area contributed by atoms with E-state index in [0.29, 0.717) is 12.0 Å². The molecule has 110 valence electrons. The van der Waals surface area contributed by atoms with E-state index in [1.807, 2.05) is 12.1 Å². The molecule has 2 spiro atoms. The number of benzene rings is 1. The molecule has 2 aliphatic carbocycles. The zero-order chi connectivity index (χ0) is 14.8. The molecule has 5 heteroatoms. The summed E-state index contributed by atoms with van der Waals surface area (Å²) in [5, 5.41) is 0. The zero-order valence-electron chi connectivity index (χ0n) is 11.8. The monoisotopic (exact) mass is 349 g/mol. The van der Waals surface area contributed by atoms with Gasteiger partial charge in [-0.2, -0.15) is 0 Å². The third-order valence-corrected chi connectivity index (χ3v) is 5.90. The van der Waals surface area contributed by atoms with Gasteiger partial charge >= 0.3 is 5.97 Å². The molecule has 0 radical (unpaired) electrons. The Hall–Kier alpha value is -1.36. The van der Waals surface area contributed by atoms with Gasteiger partial charge in [-0.3, -0.25) is 9.59 Å². The maximum absolute atomic E-state index is 12.6. The normalized spacial score (nSPS) is 27.7. The highest BCUT2D eigenvalue weighted by Crippen LogP contribution is 2.79. The molecule has 0 bridgehead atoms. The van der Waals surface area contributed by atoms with Crippen LogP contribution in [0.2, 0.25) is 0 Å². The quantitative estimate of drug-likeness (QED) is 0.770. The predicted molar refractivity (Wildman–Crippen MR) is 80.0 cm³/mol. The van der Waals surface area contributed by atoms with Crippen molar-refractivity contribution in [3.8, 4) is 0 Å². The first-order valence-corrected chi connectivity index (χ1v) is 7.97. The number of hydrogen-bond donors (Lipinski definition) is 0. The Morgan fingerprint density at radius 1 is 1.43 bits per heavy atom. The van der Waals surface area contributed by atoms with Gasteiger partial charge in [-0.05, 0) is 48.4 Å². The fourth-order valence-electron chi connectivity index (χ4n) is 4.04. The number of fused-ring (bicyclic) bond motifs is 3. The van der Waals surface area contributed by atoms with E-state index in [9.17, 15) is 9.59 Å². The van der Waals surface area contributed by atoms with E-state index in [2.05, 4.69) is 22.0 Å². The van der Waals surface area contributed by atoms with E-state index in [1.165, 1.54) is 25.5 Å². The molecule has 0 aromatic heterocycles. The minimum Gasteiger partial charge on any atom is -0.468 e. The summed E-state index contributed by atoms with van der Waals surface area (Å²) >= 11 is 3.52. The van der Waals surface area contributed by atoms with Crippen molar-refractivity contribution in [2.45, 2.75) is 24.7 Å². The van der Waals surface area contributed by atoms with Gasteiger partial charge in [-0.1, -0.05) is 15.9 Å². The summed E-state index contributed by atoms with van der Waals surface area (Å²) in [6, 6.07) is 5.87. The summed E-state index contributed by atoms with van der Waals surface area (Å²) in [5.41, 5.74) is 2.36. The van der Waals surface area contributed by atoms with Crippen LogP contribution in [0.4, 0.5) is 0 Å². The predicted octanol–water partition coefficient (Wildman–Crippen LogP) is 2.50. The Kier molecular flexibility index (Phi) is 2.60. The topological polar surface area (TPSA) is 46.6 Å². The van der Waals surface area contributed by atoms with Crippen molar-refractivity contribution in [2.75, 3.05) is 20.2 Å². The van der Waals surface area contributed by atoms with E-state index in [-0.39, 0.29) is 23.8 Å². The molecule has 2 saturated carbocycles. The standard InChI is InChI=1S/C16H16BrNO3/c1-21-13(19)7-18-9-16(8-15(16)4-5-15)12-6-10(17)2-3-11(12)14(18)20/h2-3,6H,4-5,7-9H2,1H3. The van der Waals surface area contributed by atoms with Crippen LogP contribution in [0.5, 0.6) is 0 Å². The minimum absolute atomic E-state index is 0.0443. The van der Waals surface area contributed by atoms with Crippen molar-refractivity contribution < 1.29 is 14.3 Å². The van der Waals surface area contributed by atoms with Crippen LogP contribution in [0.15, 0.2) is 22.7 Å². The lowest BCUT2D eigenvalue weighted by molar-refractivity contribution is -0.141. The van der Waals surface area contributed by atoms with Crippen molar-refractivity contribution >= 4 is 27.8 Å². The maximum atomic E-state index is 12.6. The minimum atomic E-state index is -0.357. The fourth-order valence-corrected chi connectivity index (χ4v) is 4.41. The van der Waals surface area contributed by atoms with Crippen LogP contribution >= 0.6 is 15.9 Å². The van der Waals surface area contributed by atoms with Gasteiger partial charge in [0.25, 0.3) is 5.91 Å². The fraction of sp³-hybridized carbons (Fsp3) is 0.500. The number of halogens is 1. The summed E-state index contributed by atoms with van der Waals surface area (Å²) in [6.07, 6.45) is 3.60. The molecule has 1 unspecified atom stereocenters. The number of carbonyl (C=O) groups excluding carboxylic acids is 2. The Bertz CT molecular complexity index is 667. The van der Waals surface area contributed by atoms with Gasteiger partial charge in [-0.25, -0.2) is 0 Å². The lowest BCUT2D eigenvalue weighted by atomic mass is 9.84. The average molecular weight is 350 g/mol. The molecule has 1 atom stereocenters. The second kappa shape index (κ2) is 4.09. The lowest BCUT2D eigenvalue weighted by Crippen LogP contribution is -2.46. The van der Waals surface area contributed by atoms with Crippen LogP contribution in [0.1, 0.15) is 35.2 Å². The SMILES string of the molecule is COC(=O)CN1CC2(CC23CC3)c2cc(Br)ccc2C1=O. The number of nitrogens with zero attached hydrogens (tertiary/aromatic N) is 1. The number of hydrogen-bond acceptors (Lipinski definition) is 3. The first-order chi connectivity index (χ1) is 10.0. The summed E-state index contributed by atoms with van der Waals surface area (Å²) in [5.74, 6) is -0.416. The average Bonchev–Trinajstić information content (AvgIpc) is 3.36. The van der Waals surface area contributed by atoms with Gasteiger partial charge in [0, 0.05) is 22.0 Å². The molecule has 3 aliphatic rings. The van der Waals surface area contributed by atoms with Gasteiger partial charge in [-0.15, -0.1) is 0 Å². The molecule has 0 N–H and O–H groups in total. The molecule has 21 heavy (non-hydrogen) atoms. The maximum Gasteiger partial charge on any atom is 0.325 e. The summed E-state index contributed by atoms with van der Waals surface area (Å²) in [6.45, 7) is 0.688. The number of ether oxygens (including phenoxy) is 1. The molecule has 4 nitrogen and oxygen atoms in total. The molecule has 1 heterocycles. The van der Waals surface area contributed by atoms with E-state index < -0.39 is 0 Å². The summed E-state index contributed by atoms with van der Waals surface area (Å²) < 4.78 is 5.74. The summed E-state index contributed by atoms with van der Waals surface area (Å²) in [7, 11) is 1.36. The molecule has 0 saturated heterocycles. The van der Waals surface area contributed by atoms with Gasteiger partial charge in [0.1, 0.15) is 6.54 Å². The molecule has 1 aromatic rings. The third-order valence-electron chi connectivity index (χ3n) is 5.41.